The first-order valence-electron chi connectivity index (χ1n) is 10.7. The number of amides is 2. The van der Waals surface area contributed by atoms with Crippen LogP contribution in [0.15, 0.2) is 53.4 Å². The number of carbonyl (C=O) groups excluding carboxylic acids is 2. The second-order valence-electron chi connectivity index (χ2n) is 7.77. The molecule has 1 aliphatic rings. The molecule has 0 spiro atoms. The monoisotopic (exact) mass is 478 g/mol. The fourth-order valence-electron chi connectivity index (χ4n) is 3.87. The molecule has 1 fully saturated rings. The molecule has 2 aromatic carbocycles. The van der Waals surface area contributed by atoms with Crippen LogP contribution < -0.4 is 5.32 Å². The van der Waals surface area contributed by atoms with Crippen molar-refractivity contribution in [2.24, 2.45) is 0 Å². The van der Waals surface area contributed by atoms with E-state index in [1.54, 1.807) is 17.0 Å². The zero-order valence-electron chi connectivity index (χ0n) is 17.7. The summed E-state index contributed by atoms with van der Waals surface area (Å²) in [5.41, 5.74) is 0.774. The molecule has 0 aromatic heterocycles. The summed E-state index contributed by atoms with van der Waals surface area (Å²) in [5.74, 6) is 0.0773. The van der Waals surface area contributed by atoms with E-state index in [2.05, 4.69) is 5.32 Å². The maximum absolute atomic E-state index is 13.3. The minimum absolute atomic E-state index is 0.0856. The summed E-state index contributed by atoms with van der Waals surface area (Å²) in [6.07, 6.45) is 4.81. The number of nitrogens with zero attached hydrogens (tertiary/aromatic N) is 1. The first kappa shape index (κ1) is 24.0. The Bertz CT molecular complexity index is 888. The quantitative estimate of drug-likeness (QED) is 0.452. The van der Waals surface area contributed by atoms with E-state index < -0.39 is 6.04 Å². The Morgan fingerprint density at radius 1 is 1.13 bits per heavy atom. The summed E-state index contributed by atoms with van der Waals surface area (Å²) in [5, 5.41) is 4.19. The Morgan fingerprint density at radius 3 is 2.48 bits per heavy atom. The van der Waals surface area contributed by atoms with Crippen LogP contribution in [0.2, 0.25) is 10.0 Å². The molecule has 7 heteroatoms. The topological polar surface area (TPSA) is 49.4 Å². The number of carbonyl (C=O) groups is 2. The Balaban J connectivity index is 1.78. The molecule has 4 nitrogen and oxygen atoms in total. The van der Waals surface area contributed by atoms with Gasteiger partial charge < -0.3 is 10.2 Å². The number of halogens is 2. The first-order valence-corrected chi connectivity index (χ1v) is 12.4. The highest BCUT2D eigenvalue weighted by Gasteiger charge is 2.31. The maximum atomic E-state index is 13.3. The van der Waals surface area contributed by atoms with Crippen LogP contribution in [0.1, 0.15) is 44.6 Å². The average Bonchev–Trinajstić information content (AvgIpc) is 3.27. The fraction of sp³-hybridized carbons (Fsp3) is 0.417. The molecule has 0 bridgehead atoms. The van der Waals surface area contributed by atoms with Crippen molar-refractivity contribution >= 4 is 46.8 Å². The van der Waals surface area contributed by atoms with Crippen molar-refractivity contribution < 1.29 is 9.59 Å². The van der Waals surface area contributed by atoms with Gasteiger partial charge in [-0.25, -0.2) is 0 Å². The summed E-state index contributed by atoms with van der Waals surface area (Å²) < 4.78 is 0. The molecule has 1 saturated carbocycles. The number of thioether (sulfide) groups is 1. The van der Waals surface area contributed by atoms with E-state index in [1.807, 2.05) is 43.3 Å². The van der Waals surface area contributed by atoms with Crippen LogP contribution in [-0.4, -0.2) is 34.6 Å². The third-order valence-corrected chi connectivity index (χ3v) is 7.13. The molecule has 2 amide bonds. The van der Waals surface area contributed by atoms with Gasteiger partial charge in [-0.1, -0.05) is 67.2 Å². The van der Waals surface area contributed by atoms with Gasteiger partial charge in [0.1, 0.15) is 6.04 Å². The van der Waals surface area contributed by atoms with Crippen molar-refractivity contribution in [3.63, 3.8) is 0 Å². The van der Waals surface area contributed by atoms with Crippen LogP contribution in [-0.2, 0) is 16.1 Å². The van der Waals surface area contributed by atoms with E-state index >= 15 is 0 Å². The zero-order chi connectivity index (χ0) is 22.2. The highest BCUT2D eigenvalue weighted by Crippen LogP contribution is 2.26. The normalized spacial score (nSPS) is 14.9. The van der Waals surface area contributed by atoms with E-state index in [0.717, 1.165) is 36.1 Å². The first-order chi connectivity index (χ1) is 15.0. The maximum Gasteiger partial charge on any atom is 0.243 e. The largest absolute Gasteiger partial charge is 0.352 e. The van der Waals surface area contributed by atoms with Crippen LogP contribution >= 0.6 is 35.0 Å². The minimum atomic E-state index is -0.545. The number of nitrogens with one attached hydrogen (secondary N) is 1. The summed E-state index contributed by atoms with van der Waals surface area (Å²) >= 11 is 13.9. The van der Waals surface area contributed by atoms with Gasteiger partial charge in [-0.05, 0) is 49.1 Å². The fourth-order valence-corrected chi connectivity index (χ4v) is 5.14. The van der Waals surface area contributed by atoms with E-state index in [9.17, 15) is 9.59 Å². The predicted molar refractivity (Wildman–Crippen MR) is 129 cm³/mol. The summed E-state index contributed by atoms with van der Waals surface area (Å²) in [7, 11) is 0. The van der Waals surface area contributed by atoms with E-state index in [-0.39, 0.29) is 30.2 Å². The molecule has 1 aliphatic carbocycles. The lowest BCUT2D eigenvalue weighted by Crippen LogP contribution is -2.51. The molecule has 166 valence electrons. The van der Waals surface area contributed by atoms with Gasteiger partial charge in [-0.2, -0.15) is 0 Å². The van der Waals surface area contributed by atoms with Gasteiger partial charge in [-0.15, -0.1) is 11.8 Å². The van der Waals surface area contributed by atoms with Gasteiger partial charge >= 0.3 is 0 Å². The summed E-state index contributed by atoms with van der Waals surface area (Å²) in [6.45, 7) is 2.20. The lowest BCUT2D eigenvalue weighted by Gasteiger charge is -2.31. The van der Waals surface area contributed by atoms with Gasteiger partial charge in [0.25, 0.3) is 0 Å². The van der Waals surface area contributed by atoms with E-state index in [1.165, 1.54) is 11.8 Å². The van der Waals surface area contributed by atoms with Crippen LogP contribution in [0.4, 0.5) is 0 Å². The van der Waals surface area contributed by atoms with Crippen molar-refractivity contribution in [2.45, 2.75) is 62.6 Å². The SMILES string of the molecule is CC[C@H](C(=O)NC1CCCC1)N(Cc1ccc(Cl)cc1Cl)C(=O)CSc1ccccc1. The lowest BCUT2D eigenvalue weighted by molar-refractivity contribution is -0.139. The Morgan fingerprint density at radius 2 is 1.84 bits per heavy atom. The summed E-state index contributed by atoms with van der Waals surface area (Å²) in [4.78, 5) is 29.1. The van der Waals surface area contributed by atoms with Gasteiger partial charge in [-0.3, -0.25) is 9.59 Å². The van der Waals surface area contributed by atoms with Gasteiger partial charge in [0.15, 0.2) is 0 Å². The highest BCUT2D eigenvalue weighted by atomic mass is 35.5. The molecule has 2 aromatic rings. The second-order valence-corrected chi connectivity index (χ2v) is 9.67. The smallest absolute Gasteiger partial charge is 0.243 e. The predicted octanol–water partition coefficient (Wildman–Crippen LogP) is 5.95. The van der Waals surface area contributed by atoms with Crippen LogP contribution in [0.3, 0.4) is 0 Å². The van der Waals surface area contributed by atoms with Gasteiger partial charge in [0, 0.05) is 27.5 Å². The van der Waals surface area contributed by atoms with Gasteiger partial charge in [0.2, 0.25) is 11.8 Å². The number of rotatable bonds is 9. The lowest BCUT2D eigenvalue weighted by atomic mass is 10.1. The molecule has 1 N–H and O–H groups in total. The Labute approximate surface area is 198 Å². The molecular formula is C24H28Cl2N2O2S. The molecule has 0 heterocycles. The van der Waals surface area contributed by atoms with Crippen LogP contribution in [0.5, 0.6) is 0 Å². The Hall–Kier alpha value is -1.69. The second kappa shape index (κ2) is 11.8. The molecule has 0 unspecified atom stereocenters. The zero-order valence-corrected chi connectivity index (χ0v) is 20.0. The molecule has 0 aliphatic heterocycles. The van der Waals surface area contributed by atoms with Crippen molar-refractivity contribution in [1.29, 1.82) is 0 Å². The molecular weight excluding hydrogens is 451 g/mol. The standard InChI is InChI=1S/C24H28Cl2N2O2S/c1-2-22(24(30)27-19-8-6-7-9-19)28(15-17-12-13-18(25)14-21(17)26)23(29)16-31-20-10-4-3-5-11-20/h3-5,10-14,19,22H,2,6-9,15-16H2,1H3,(H,27,30)/t22-/m1/s1. The molecule has 3 rings (SSSR count). The Kier molecular flexibility index (Phi) is 9.12. The molecule has 1 atom stereocenters. The number of hydrogen-bond acceptors (Lipinski definition) is 3. The van der Waals surface area contributed by atoms with Gasteiger partial charge in [0.05, 0.1) is 5.75 Å². The van der Waals surface area contributed by atoms with Crippen molar-refractivity contribution in [3.05, 3.63) is 64.1 Å². The molecule has 0 radical (unpaired) electrons. The minimum Gasteiger partial charge on any atom is -0.352 e. The number of hydrogen-bond donors (Lipinski definition) is 1. The van der Waals surface area contributed by atoms with E-state index in [0.29, 0.717) is 16.5 Å². The third-order valence-electron chi connectivity index (χ3n) is 5.55. The average molecular weight is 479 g/mol. The summed E-state index contributed by atoms with van der Waals surface area (Å²) in [6, 6.07) is 14.7. The van der Waals surface area contributed by atoms with Crippen LogP contribution in [0.25, 0.3) is 0 Å². The van der Waals surface area contributed by atoms with E-state index in [4.69, 9.17) is 23.2 Å². The third kappa shape index (κ3) is 6.90. The van der Waals surface area contributed by atoms with Crippen molar-refractivity contribution in [1.82, 2.24) is 10.2 Å². The highest BCUT2D eigenvalue weighted by molar-refractivity contribution is 8.00. The molecule has 31 heavy (non-hydrogen) atoms. The number of benzene rings is 2. The molecule has 0 saturated heterocycles. The van der Waals surface area contributed by atoms with Crippen molar-refractivity contribution in [2.75, 3.05) is 5.75 Å². The van der Waals surface area contributed by atoms with Crippen molar-refractivity contribution in [3.8, 4) is 0 Å². The van der Waals surface area contributed by atoms with Crippen LogP contribution in [0, 0.1) is 0 Å².